The predicted octanol–water partition coefficient (Wildman–Crippen LogP) is 12.5. The van der Waals surface area contributed by atoms with Crippen LogP contribution in [-0.4, -0.2) is 4.57 Å². The highest BCUT2D eigenvalue weighted by Crippen LogP contribution is 2.50. The number of hydrogen-bond acceptors (Lipinski definition) is 0. The van der Waals surface area contributed by atoms with E-state index in [1.54, 1.807) is 0 Å². The molecule has 1 aromatic heterocycles. The SMILES string of the molecule is Cc1c(-c2ccc3c(c2)C(C)(C)c2ccccc2-3)ccc2c1c1ccccc1n2-c1ccc2c3ccccc3c3ccccc3c2c1. The van der Waals surface area contributed by atoms with Crippen molar-refractivity contribution in [2.24, 2.45) is 0 Å². The average Bonchev–Trinajstić information content (AvgIpc) is 3.57. The number of hydrogen-bond donors (Lipinski definition) is 0. The van der Waals surface area contributed by atoms with Crippen molar-refractivity contribution in [3.8, 4) is 27.9 Å². The number of para-hydroxylation sites is 1. The molecule has 0 N–H and O–H groups in total. The van der Waals surface area contributed by atoms with Crippen LogP contribution in [0.1, 0.15) is 30.5 Å². The second kappa shape index (κ2) is 9.44. The molecule has 0 amide bonds. The summed E-state index contributed by atoms with van der Waals surface area (Å²) in [5, 5.41) is 10.4. The first-order valence-electron chi connectivity index (χ1n) is 16.6. The summed E-state index contributed by atoms with van der Waals surface area (Å²) in [6, 6.07) is 54.3. The van der Waals surface area contributed by atoms with Gasteiger partial charge in [0, 0.05) is 21.9 Å². The zero-order valence-corrected chi connectivity index (χ0v) is 26.8. The van der Waals surface area contributed by atoms with Gasteiger partial charge in [0.15, 0.2) is 0 Å². The third kappa shape index (κ3) is 3.54. The largest absolute Gasteiger partial charge is 0.309 e. The molecule has 1 aliphatic rings. The van der Waals surface area contributed by atoms with E-state index in [-0.39, 0.29) is 5.41 Å². The summed E-state index contributed by atoms with van der Waals surface area (Å²) in [5.41, 5.74) is 13.1. The fourth-order valence-corrected chi connectivity index (χ4v) is 8.73. The van der Waals surface area contributed by atoms with Crippen molar-refractivity contribution in [3.63, 3.8) is 0 Å². The summed E-state index contributed by atoms with van der Waals surface area (Å²) < 4.78 is 2.47. The second-order valence-electron chi connectivity index (χ2n) is 13.7. The van der Waals surface area contributed by atoms with Crippen LogP contribution >= 0.6 is 0 Å². The van der Waals surface area contributed by atoms with Crippen LogP contribution in [-0.2, 0) is 5.41 Å². The smallest absolute Gasteiger partial charge is 0.0544 e. The van der Waals surface area contributed by atoms with E-state index in [0.29, 0.717) is 0 Å². The molecule has 0 bridgehead atoms. The molecular formula is C46H33N. The minimum Gasteiger partial charge on any atom is -0.309 e. The molecule has 47 heavy (non-hydrogen) atoms. The van der Waals surface area contributed by atoms with Crippen molar-refractivity contribution in [1.82, 2.24) is 4.57 Å². The Morgan fingerprint density at radius 1 is 0.426 bits per heavy atom. The Labute approximate surface area is 274 Å². The number of aryl methyl sites for hydroxylation is 1. The monoisotopic (exact) mass is 599 g/mol. The van der Waals surface area contributed by atoms with Gasteiger partial charge in [-0.25, -0.2) is 0 Å². The third-order valence-electron chi connectivity index (χ3n) is 11.0. The lowest BCUT2D eigenvalue weighted by atomic mass is 9.81. The van der Waals surface area contributed by atoms with E-state index in [4.69, 9.17) is 0 Å². The molecule has 1 heteroatoms. The zero-order chi connectivity index (χ0) is 31.4. The summed E-state index contributed by atoms with van der Waals surface area (Å²) in [7, 11) is 0. The fourth-order valence-electron chi connectivity index (χ4n) is 8.73. The van der Waals surface area contributed by atoms with Crippen LogP contribution in [0.5, 0.6) is 0 Å². The zero-order valence-electron chi connectivity index (χ0n) is 26.8. The van der Waals surface area contributed by atoms with Gasteiger partial charge in [0.25, 0.3) is 0 Å². The van der Waals surface area contributed by atoms with Gasteiger partial charge in [-0.15, -0.1) is 0 Å². The van der Waals surface area contributed by atoms with Crippen LogP contribution in [0.2, 0.25) is 0 Å². The number of benzene rings is 8. The lowest BCUT2D eigenvalue weighted by Crippen LogP contribution is -2.14. The minimum absolute atomic E-state index is 0.0262. The Hall–Kier alpha value is -5.66. The van der Waals surface area contributed by atoms with Crippen LogP contribution in [0, 0.1) is 6.92 Å². The molecule has 222 valence electrons. The standard InChI is InChI=1S/C46H33N/c1-28-31(29-20-22-38-37-16-8-10-18-41(37)46(2,3)42(38)26-29)24-25-44-45(28)39-17-9-11-19-43(39)47(44)30-21-23-36-34-14-5-4-12-32(34)33-13-6-7-15-35(33)40(36)27-30/h4-27H,1-3H3. The maximum absolute atomic E-state index is 2.47. The summed E-state index contributed by atoms with van der Waals surface area (Å²) in [6.07, 6.45) is 0. The van der Waals surface area contributed by atoms with Crippen molar-refractivity contribution >= 4 is 54.1 Å². The summed E-state index contributed by atoms with van der Waals surface area (Å²) in [4.78, 5) is 0. The Bertz CT molecular complexity index is 2740. The van der Waals surface area contributed by atoms with E-state index < -0.39 is 0 Å². The molecule has 10 rings (SSSR count). The van der Waals surface area contributed by atoms with Gasteiger partial charge in [0.05, 0.1) is 11.0 Å². The highest BCUT2D eigenvalue weighted by Gasteiger charge is 2.35. The van der Waals surface area contributed by atoms with E-state index in [1.165, 1.54) is 98.8 Å². The molecule has 0 fully saturated rings. The Morgan fingerprint density at radius 3 is 1.74 bits per heavy atom. The topological polar surface area (TPSA) is 4.93 Å². The Kier molecular flexibility index (Phi) is 5.33. The van der Waals surface area contributed by atoms with Gasteiger partial charge in [0.1, 0.15) is 0 Å². The van der Waals surface area contributed by atoms with Crippen molar-refractivity contribution in [2.75, 3.05) is 0 Å². The van der Waals surface area contributed by atoms with Gasteiger partial charge >= 0.3 is 0 Å². The molecule has 0 saturated carbocycles. The van der Waals surface area contributed by atoms with E-state index in [1.807, 2.05) is 0 Å². The van der Waals surface area contributed by atoms with Gasteiger partial charge in [-0.1, -0.05) is 129 Å². The molecule has 0 atom stereocenters. The number of rotatable bonds is 2. The van der Waals surface area contributed by atoms with Gasteiger partial charge in [-0.05, 0) is 109 Å². The van der Waals surface area contributed by atoms with Crippen LogP contribution in [0.4, 0.5) is 0 Å². The van der Waals surface area contributed by atoms with Crippen LogP contribution in [0.3, 0.4) is 0 Å². The van der Waals surface area contributed by atoms with E-state index in [9.17, 15) is 0 Å². The number of nitrogens with zero attached hydrogens (tertiary/aromatic N) is 1. The maximum Gasteiger partial charge on any atom is 0.0544 e. The third-order valence-corrected chi connectivity index (χ3v) is 11.0. The Morgan fingerprint density at radius 2 is 1.00 bits per heavy atom. The van der Waals surface area contributed by atoms with Crippen LogP contribution in [0.25, 0.3) is 82.1 Å². The van der Waals surface area contributed by atoms with Crippen molar-refractivity contribution < 1.29 is 0 Å². The van der Waals surface area contributed by atoms with Crippen molar-refractivity contribution in [3.05, 3.63) is 162 Å². The highest BCUT2D eigenvalue weighted by molar-refractivity contribution is 6.25. The molecule has 0 unspecified atom stereocenters. The molecule has 1 nitrogen and oxygen atoms in total. The van der Waals surface area contributed by atoms with E-state index >= 15 is 0 Å². The Balaban J connectivity index is 1.21. The van der Waals surface area contributed by atoms with Gasteiger partial charge in [0.2, 0.25) is 0 Å². The molecule has 0 saturated heterocycles. The van der Waals surface area contributed by atoms with Gasteiger partial charge in [-0.2, -0.15) is 0 Å². The number of aromatic nitrogens is 1. The summed E-state index contributed by atoms with van der Waals surface area (Å²) in [5.74, 6) is 0. The molecule has 0 aliphatic heterocycles. The quantitative estimate of drug-likeness (QED) is 0.174. The maximum atomic E-state index is 2.47. The van der Waals surface area contributed by atoms with Crippen molar-refractivity contribution in [1.29, 1.82) is 0 Å². The molecule has 8 aromatic carbocycles. The lowest BCUT2D eigenvalue weighted by molar-refractivity contribution is 0.660. The first kappa shape index (κ1) is 26.5. The van der Waals surface area contributed by atoms with Crippen LogP contribution in [0.15, 0.2) is 146 Å². The van der Waals surface area contributed by atoms with Gasteiger partial charge in [-0.3, -0.25) is 0 Å². The summed E-state index contributed by atoms with van der Waals surface area (Å²) in [6.45, 7) is 7.03. The van der Waals surface area contributed by atoms with E-state index in [0.717, 1.165) is 0 Å². The second-order valence-corrected chi connectivity index (χ2v) is 13.7. The molecule has 1 heterocycles. The fraction of sp³-hybridized carbons (Fsp3) is 0.0870. The van der Waals surface area contributed by atoms with Crippen molar-refractivity contribution in [2.45, 2.75) is 26.2 Å². The molecule has 9 aromatic rings. The molecule has 0 radical (unpaired) electrons. The average molecular weight is 600 g/mol. The normalized spacial score (nSPS) is 13.6. The number of fused-ring (bicyclic) bond motifs is 12. The molecule has 1 aliphatic carbocycles. The van der Waals surface area contributed by atoms with Gasteiger partial charge < -0.3 is 4.57 Å². The minimum atomic E-state index is -0.0262. The summed E-state index contributed by atoms with van der Waals surface area (Å²) >= 11 is 0. The first-order valence-corrected chi connectivity index (χ1v) is 16.6. The van der Waals surface area contributed by atoms with E-state index in [2.05, 4.69) is 171 Å². The van der Waals surface area contributed by atoms with Crippen LogP contribution < -0.4 is 0 Å². The lowest BCUT2D eigenvalue weighted by Gasteiger charge is -2.22. The predicted molar refractivity (Wildman–Crippen MR) is 201 cm³/mol. The molecular weight excluding hydrogens is 567 g/mol. The first-order chi connectivity index (χ1) is 23.0. The highest BCUT2D eigenvalue weighted by atomic mass is 15.0. The molecule has 0 spiro atoms.